The van der Waals surface area contributed by atoms with Crippen molar-refractivity contribution in [2.75, 3.05) is 13.1 Å². The van der Waals surface area contributed by atoms with Crippen molar-refractivity contribution in [2.45, 2.75) is 25.8 Å². The van der Waals surface area contributed by atoms with Crippen molar-refractivity contribution < 1.29 is 0 Å². The van der Waals surface area contributed by atoms with Crippen LogP contribution in [0.2, 0.25) is 0 Å². The van der Waals surface area contributed by atoms with Crippen LogP contribution in [0, 0.1) is 0 Å². The van der Waals surface area contributed by atoms with Crippen molar-refractivity contribution in [2.24, 2.45) is 0 Å². The Morgan fingerprint density at radius 2 is 1.57 bits per heavy atom. The van der Waals surface area contributed by atoms with Crippen molar-refractivity contribution in [3.05, 3.63) is 78.9 Å². The Hall–Kier alpha value is -2.98. The van der Waals surface area contributed by atoms with Crippen molar-refractivity contribution in [3.8, 4) is 16.8 Å². The molecule has 2 aromatic carbocycles. The van der Waals surface area contributed by atoms with Crippen LogP contribution < -0.4 is 0 Å². The predicted molar refractivity (Wildman–Crippen MR) is 113 cm³/mol. The third kappa shape index (κ3) is 3.43. The second-order valence-electron chi connectivity index (χ2n) is 7.56. The molecule has 0 radical (unpaired) electrons. The van der Waals surface area contributed by atoms with Crippen LogP contribution in [0.25, 0.3) is 27.8 Å². The first-order valence-corrected chi connectivity index (χ1v) is 10.1. The monoisotopic (exact) mass is 368 g/mol. The van der Waals surface area contributed by atoms with Crippen LogP contribution in [0.4, 0.5) is 0 Å². The summed E-state index contributed by atoms with van der Waals surface area (Å²) in [6.45, 7) is 3.51. The van der Waals surface area contributed by atoms with Crippen molar-refractivity contribution >= 4 is 11.0 Å². The molecule has 0 amide bonds. The van der Waals surface area contributed by atoms with E-state index >= 15 is 0 Å². The largest absolute Gasteiger partial charge is 0.299 e. The van der Waals surface area contributed by atoms with E-state index in [1.807, 2.05) is 30.9 Å². The Kier molecular flexibility index (Phi) is 4.63. The van der Waals surface area contributed by atoms with Gasteiger partial charge in [-0.1, -0.05) is 24.6 Å². The fourth-order valence-corrected chi connectivity index (χ4v) is 4.08. The quantitative estimate of drug-likeness (QED) is 0.504. The third-order valence-electron chi connectivity index (χ3n) is 5.63. The van der Waals surface area contributed by atoms with Crippen LogP contribution >= 0.6 is 0 Å². The number of hydrogen-bond acceptors (Lipinski definition) is 3. The molecule has 28 heavy (non-hydrogen) atoms. The lowest BCUT2D eigenvalue weighted by Gasteiger charge is -2.26. The van der Waals surface area contributed by atoms with Gasteiger partial charge in [-0.25, -0.2) is 4.98 Å². The molecule has 0 spiro atoms. The van der Waals surface area contributed by atoms with Crippen LogP contribution in [0.1, 0.15) is 24.8 Å². The molecule has 4 aromatic rings. The first-order chi connectivity index (χ1) is 13.9. The fourth-order valence-electron chi connectivity index (χ4n) is 4.08. The summed E-state index contributed by atoms with van der Waals surface area (Å²) in [5.41, 5.74) is 7.01. The lowest BCUT2D eigenvalue weighted by Crippen LogP contribution is -2.29. The van der Waals surface area contributed by atoms with Crippen molar-refractivity contribution in [1.29, 1.82) is 0 Å². The topological polar surface area (TPSA) is 34.0 Å². The second-order valence-corrected chi connectivity index (χ2v) is 7.56. The van der Waals surface area contributed by atoms with Crippen LogP contribution in [-0.4, -0.2) is 32.5 Å². The van der Waals surface area contributed by atoms with E-state index in [2.05, 4.69) is 61.9 Å². The van der Waals surface area contributed by atoms with Crippen LogP contribution in [-0.2, 0) is 6.54 Å². The Labute approximate surface area is 165 Å². The minimum absolute atomic E-state index is 1.01. The molecule has 0 atom stereocenters. The number of likely N-dealkylation sites (tertiary alicyclic amines) is 1. The highest BCUT2D eigenvalue weighted by Crippen LogP contribution is 2.26. The second kappa shape index (κ2) is 7.56. The molecule has 0 N–H and O–H groups in total. The summed E-state index contributed by atoms with van der Waals surface area (Å²) in [6, 6.07) is 19.4. The number of pyridine rings is 1. The van der Waals surface area contributed by atoms with Gasteiger partial charge < -0.3 is 0 Å². The molecular weight excluding hydrogens is 344 g/mol. The molecule has 0 bridgehead atoms. The Morgan fingerprint density at radius 1 is 0.786 bits per heavy atom. The van der Waals surface area contributed by atoms with E-state index in [0.717, 1.165) is 23.3 Å². The molecule has 5 rings (SSSR count). The summed E-state index contributed by atoms with van der Waals surface area (Å²) in [7, 11) is 0. The Morgan fingerprint density at radius 3 is 2.36 bits per heavy atom. The maximum atomic E-state index is 4.59. The number of aromatic nitrogens is 3. The standard InChI is InChI=1S/C24H24N4/c1-2-14-27(15-3-1)17-19-4-7-22(8-5-19)28-18-26-23-9-6-21(16-24(23)28)20-10-12-25-13-11-20/h4-13,16,18H,1-3,14-15,17H2. The molecule has 1 fully saturated rings. The van der Waals surface area contributed by atoms with Gasteiger partial charge >= 0.3 is 0 Å². The van der Waals surface area contributed by atoms with E-state index in [1.165, 1.54) is 49.0 Å². The maximum absolute atomic E-state index is 4.59. The summed E-state index contributed by atoms with van der Waals surface area (Å²) in [5, 5.41) is 0. The van der Waals surface area contributed by atoms with E-state index in [9.17, 15) is 0 Å². The van der Waals surface area contributed by atoms with Crippen LogP contribution in [0.15, 0.2) is 73.3 Å². The molecule has 4 heteroatoms. The first-order valence-electron chi connectivity index (χ1n) is 10.1. The Bertz CT molecular complexity index is 1060. The predicted octanol–water partition coefficient (Wildman–Crippen LogP) is 5.07. The highest BCUT2D eigenvalue weighted by molar-refractivity contribution is 5.83. The van der Waals surface area contributed by atoms with Gasteiger partial charge in [0.15, 0.2) is 0 Å². The lowest BCUT2D eigenvalue weighted by atomic mass is 10.1. The van der Waals surface area contributed by atoms with Gasteiger partial charge in [-0.3, -0.25) is 14.5 Å². The van der Waals surface area contributed by atoms with Gasteiger partial charge in [0, 0.05) is 24.6 Å². The zero-order chi connectivity index (χ0) is 18.8. The maximum Gasteiger partial charge on any atom is 0.100 e. The van der Waals surface area contributed by atoms with Gasteiger partial charge in [0.05, 0.1) is 11.0 Å². The summed E-state index contributed by atoms with van der Waals surface area (Å²) in [6.07, 6.45) is 9.62. The van der Waals surface area contributed by atoms with Crippen LogP contribution in [0.5, 0.6) is 0 Å². The molecule has 0 aliphatic carbocycles. The number of hydrogen-bond donors (Lipinski definition) is 0. The van der Waals surface area contributed by atoms with E-state index in [-0.39, 0.29) is 0 Å². The van der Waals surface area contributed by atoms with E-state index in [0.29, 0.717) is 0 Å². The average Bonchev–Trinajstić information content (AvgIpc) is 3.19. The third-order valence-corrected chi connectivity index (χ3v) is 5.63. The number of benzene rings is 2. The van der Waals surface area contributed by atoms with Crippen molar-refractivity contribution in [3.63, 3.8) is 0 Å². The highest BCUT2D eigenvalue weighted by Gasteiger charge is 2.11. The van der Waals surface area contributed by atoms with E-state index < -0.39 is 0 Å². The minimum Gasteiger partial charge on any atom is -0.299 e. The number of piperidine rings is 1. The van der Waals surface area contributed by atoms with E-state index in [1.54, 1.807) is 0 Å². The van der Waals surface area contributed by atoms with E-state index in [4.69, 9.17) is 0 Å². The van der Waals surface area contributed by atoms with Gasteiger partial charge in [0.1, 0.15) is 6.33 Å². The summed E-state index contributed by atoms with van der Waals surface area (Å²) < 4.78 is 2.17. The fraction of sp³-hybridized carbons (Fsp3) is 0.250. The highest BCUT2D eigenvalue weighted by atomic mass is 15.1. The SMILES string of the molecule is c1cc(-c2ccc3ncn(-c4ccc(CN5CCCCC5)cc4)c3c2)ccn1. The molecule has 1 aliphatic heterocycles. The molecule has 0 saturated carbocycles. The average molecular weight is 368 g/mol. The molecule has 1 saturated heterocycles. The molecule has 2 aromatic heterocycles. The molecule has 3 heterocycles. The molecule has 140 valence electrons. The number of fused-ring (bicyclic) bond motifs is 1. The van der Waals surface area contributed by atoms with Gasteiger partial charge in [-0.2, -0.15) is 0 Å². The van der Waals surface area contributed by atoms with Crippen molar-refractivity contribution in [1.82, 2.24) is 19.4 Å². The first kappa shape index (κ1) is 17.1. The zero-order valence-corrected chi connectivity index (χ0v) is 16.0. The summed E-state index contributed by atoms with van der Waals surface area (Å²) >= 11 is 0. The lowest BCUT2D eigenvalue weighted by molar-refractivity contribution is 0.221. The molecule has 1 aliphatic rings. The zero-order valence-electron chi connectivity index (χ0n) is 16.0. The summed E-state index contributed by atoms with van der Waals surface area (Å²) in [5.74, 6) is 0. The Balaban J connectivity index is 1.44. The minimum atomic E-state index is 1.01. The van der Waals surface area contributed by atoms with Gasteiger partial charge in [0.2, 0.25) is 0 Å². The molecule has 4 nitrogen and oxygen atoms in total. The number of imidazole rings is 1. The number of nitrogens with zero attached hydrogens (tertiary/aromatic N) is 4. The molecular formula is C24H24N4. The van der Waals surface area contributed by atoms with Crippen LogP contribution in [0.3, 0.4) is 0 Å². The summed E-state index contributed by atoms with van der Waals surface area (Å²) in [4.78, 5) is 11.3. The number of rotatable bonds is 4. The molecule has 0 unspecified atom stereocenters. The van der Waals surface area contributed by atoms with Gasteiger partial charge in [0.25, 0.3) is 0 Å². The van der Waals surface area contributed by atoms with Gasteiger partial charge in [-0.15, -0.1) is 0 Å². The normalized spacial score (nSPS) is 15.1. The van der Waals surface area contributed by atoms with Gasteiger partial charge in [-0.05, 0) is 79.0 Å². The smallest absolute Gasteiger partial charge is 0.100 e.